The first-order valence-electron chi connectivity index (χ1n) is 20.1. The molecule has 4 bridgehead atoms. The normalized spacial score (nSPS) is 63.8. The van der Waals surface area contributed by atoms with Gasteiger partial charge in [-0.1, -0.05) is 13.8 Å². The van der Waals surface area contributed by atoms with Crippen molar-refractivity contribution in [3.8, 4) is 0 Å². The fourth-order valence-electron chi connectivity index (χ4n) is 17.1. The number of hydrogen-bond acceptors (Lipinski definition) is 12. The molecule has 2 N–H and O–H groups in total. The van der Waals surface area contributed by atoms with Gasteiger partial charge in [0.05, 0.1) is 38.6 Å². The first-order chi connectivity index (χ1) is 24.9. The lowest BCUT2D eigenvalue weighted by atomic mass is 9.43. The molecule has 0 aromatic carbocycles. The van der Waals surface area contributed by atoms with E-state index in [0.717, 1.165) is 18.4 Å². The number of Topliss-reactive ketones (excluding diaryl/α,β-unsaturated/α-hetero) is 1. The summed E-state index contributed by atoms with van der Waals surface area (Å²) >= 11 is 0. The Balaban J connectivity index is 0.942. The van der Waals surface area contributed by atoms with Crippen LogP contribution < -0.4 is 0 Å². The molecule has 7 aliphatic heterocycles. The van der Waals surface area contributed by atoms with Crippen LogP contribution in [0.2, 0.25) is 0 Å². The largest absolute Gasteiger partial charge is 0.482 e. The number of aliphatic hydroxyl groups is 2. The van der Waals surface area contributed by atoms with Crippen molar-refractivity contribution in [3.05, 3.63) is 11.3 Å². The molecule has 0 radical (unpaired) electrons. The van der Waals surface area contributed by atoms with Crippen molar-refractivity contribution in [2.24, 2.45) is 68.0 Å². The number of ketones is 1. The second kappa shape index (κ2) is 8.96. The van der Waals surface area contributed by atoms with E-state index in [2.05, 4.69) is 13.8 Å². The summed E-state index contributed by atoms with van der Waals surface area (Å²) in [6, 6.07) is 0. The zero-order valence-corrected chi connectivity index (χ0v) is 29.8. The number of carbonyl (C=O) groups is 3. The van der Waals surface area contributed by atoms with E-state index in [1.807, 2.05) is 0 Å². The van der Waals surface area contributed by atoms with Crippen molar-refractivity contribution < 1.29 is 57.8 Å². The highest BCUT2D eigenvalue weighted by molar-refractivity contribution is 6.11. The number of ether oxygens (including phenoxy) is 7. The standard InChI is InChI=1S/C40H48O12/c1-34-6-4-22-38(15-48-29(26(34)38)46-13-34)24-20(41)9-17-11-36(24,32(44)50-22)28-19(17)3-8-40(52-28)18-10-21(42)25-37(12-18,31(40)43)33(45)51-23-5-7-35(2)14-47-30-27(35)39(23,25)16-49-30/h17-18,20-27,29-30,41-42H,3-16H2,1-2H3/t17-,18-,20-,21-,22+,23+,24-,25-,26-,27-,29+,30+,34+,35+,36+,37+,38+,39+,40+/m1/s1. The highest BCUT2D eigenvalue weighted by Gasteiger charge is 2.86. The van der Waals surface area contributed by atoms with Crippen molar-refractivity contribution in [2.45, 2.75) is 121 Å². The predicted molar refractivity (Wildman–Crippen MR) is 172 cm³/mol. The van der Waals surface area contributed by atoms with Crippen LogP contribution in [0, 0.1) is 68.0 Å². The van der Waals surface area contributed by atoms with Gasteiger partial charge >= 0.3 is 11.9 Å². The summed E-state index contributed by atoms with van der Waals surface area (Å²) in [7, 11) is 0. The van der Waals surface area contributed by atoms with Gasteiger partial charge in [0, 0.05) is 40.4 Å². The predicted octanol–water partition coefficient (Wildman–Crippen LogP) is 2.56. The molecule has 0 aromatic rings. The number of hydrogen-bond donors (Lipinski definition) is 2. The quantitative estimate of drug-likeness (QED) is 0.279. The Morgan fingerprint density at radius 2 is 1.21 bits per heavy atom. The van der Waals surface area contributed by atoms with Gasteiger partial charge in [-0.05, 0) is 86.5 Å². The first-order valence-corrected chi connectivity index (χ1v) is 20.1. The van der Waals surface area contributed by atoms with E-state index in [-0.39, 0.29) is 53.4 Å². The Hall–Kier alpha value is -2.09. The van der Waals surface area contributed by atoms with Gasteiger partial charge in [-0.25, -0.2) is 0 Å². The molecule has 5 spiro atoms. The van der Waals surface area contributed by atoms with Gasteiger partial charge < -0.3 is 43.4 Å². The summed E-state index contributed by atoms with van der Waals surface area (Å²) in [5, 5.41) is 24.6. The molecular weight excluding hydrogens is 672 g/mol. The number of rotatable bonds is 0. The van der Waals surface area contributed by atoms with E-state index in [1.165, 1.54) is 0 Å². The van der Waals surface area contributed by atoms with Gasteiger partial charge in [0.1, 0.15) is 28.8 Å². The van der Waals surface area contributed by atoms with Crippen molar-refractivity contribution in [1.82, 2.24) is 0 Å². The van der Waals surface area contributed by atoms with Crippen LogP contribution in [-0.2, 0) is 47.5 Å². The summed E-state index contributed by atoms with van der Waals surface area (Å²) in [5.74, 6) is -2.61. The van der Waals surface area contributed by atoms with E-state index in [4.69, 9.17) is 33.2 Å². The maximum Gasteiger partial charge on any atom is 0.320 e. The maximum absolute atomic E-state index is 15.7. The van der Waals surface area contributed by atoms with Crippen LogP contribution in [0.5, 0.6) is 0 Å². The molecule has 13 aliphatic rings. The molecule has 6 saturated heterocycles. The van der Waals surface area contributed by atoms with Gasteiger partial charge in [0.15, 0.2) is 24.0 Å². The van der Waals surface area contributed by atoms with E-state index in [1.54, 1.807) is 0 Å². The zero-order valence-electron chi connectivity index (χ0n) is 29.8. The number of aliphatic hydroxyl groups excluding tert-OH is 2. The number of allylic oxidation sites excluding steroid dienone is 1. The fourth-order valence-corrected chi connectivity index (χ4v) is 17.1. The van der Waals surface area contributed by atoms with Gasteiger partial charge in [-0.3, -0.25) is 14.4 Å². The van der Waals surface area contributed by atoms with Crippen LogP contribution in [-0.4, -0.2) is 97.0 Å². The molecule has 5 saturated carbocycles. The van der Waals surface area contributed by atoms with Crippen LogP contribution in [0.15, 0.2) is 11.3 Å². The third-order valence-corrected chi connectivity index (χ3v) is 18.6. The van der Waals surface area contributed by atoms with Crippen LogP contribution in [0.1, 0.15) is 78.1 Å². The SMILES string of the molecule is C[C@]12CC[C@@H]3OC(=O)[C@@]45C[C@@H](C[C@@H](O)[C@H]4[C@]34CO[C@H](OC1)[C@H]24)[C@@]1(CCC2=C(O1)[C@]13C[C@H]2C[C@@H](O)[C@H]1[C@]12CO[C@@H]4OC[C@](C)(CC[C@@H]1OC3=O)[C@@H]42)C5=O. The highest BCUT2D eigenvalue weighted by atomic mass is 16.7. The Labute approximate surface area is 301 Å². The van der Waals surface area contributed by atoms with Crippen molar-refractivity contribution in [2.75, 3.05) is 26.4 Å². The lowest BCUT2D eigenvalue weighted by Gasteiger charge is -2.62. The summed E-state index contributed by atoms with van der Waals surface area (Å²) in [5.41, 5.74) is -5.06. The van der Waals surface area contributed by atoms with Crippen molar-refractivity contribution in [3.63, 3.8) is 0 Å². The molecular formula is C40H48O12. The van der Waals surface area contributed by atoms with E-state index in [0.29, 0.717) is 70.5 Å². The molecule has 52 heavy (non-hydrogen) atoms. The number of esters is 2. The minimum atomic E-state index is -1.59. The summed E-state index contributed by atoms with van der Waals surface area (Å²) in [6.07, 6.45) is 1.94. The van der Waals surface area contributed by atoms with Gasteiger partial charge in [0.2, 0.25) is 0 Å². The molecule has 0 amide bonds. The molecule has 0 unspecified atom stereocenters. The minimum Gasteiger partial charge on any atom is -0.482 e. The van der Waals surface area contributed by atoms with Gasteiger partial charge in [-0.15, -0.1) is 0 Å². The van der Waals surface area contributed by atoms with E-state index in [9.17, 15) is 19.8 Å². The smallest absolute Gasteiger partial charge is 0.320 e. The van der Waals surface area contributed by atoms with Crippen LogP contribution in [0.25, 0.3) is 0 Å². The average molecular weight is 721 g/mol. The topological polar surface area (TPSA) is 156 Å². The summed E-state index contributed by atoms with van der Waals surface area (Å²) < 4.78 is 45.5. The van der Waals surface area contributed by atoms with Crippen molar-refractivity contribution in [1.29, 1.82) is 0 Å². The zero-order chi connectivity index (χ0) is 35.2. The summed E-state index contributed by atoms with van der Waals surface area (Å²) in [6.45, 7) is 6.15. The third-order valence-electron chi connectivity index (χ3n) is 18.6. The molecule has 19 atom stereocenters. The Kier molecular flexibility index (Phi) is 5.37. The second-order valence-corrected chi connectivity index (χ2v) is 20.3. The molecule has 0 aromatic heterocycles. The average Bonchev–Trinajstić information content (AvgIpc) is 3.94. The van der Waals surface area contributed by atoms with E-state index < -0.39 is 88.0 Å². The number of fused-ring (bicyclic) bond motifs is 4. The summed E-state index contributed by atoms with van der Waals surface area (Å²) in [4.78, 5) is 45.0. The fraction of sp³-hybridized carbons (Fsp3) is 0.875. The monoisotopic (exact) mass is 720 g/mol. The van der Waals surface area contributed by atoms with Gasteiger partial charge in [0.25, 0.3) is 0 Å². The Morgan fingerprint density at radius 3 is 1.85 bits per heavy atom. The maximum atomic E-state index is 15.7. The Morgan fingerprint density at radius 1 is 0.654 bits per heavy atom. The molecule has 13 rings (SSSR count). The second-order valence-electron chi connectivity index (χ2n) is 20.3. The Bertz CT molecular complexity index is 1810. The van der Waals surface area contributed by atoms with Crippen molar-refractivity contribution >= 4 is 17.7 Å². The molecule has 12 nitrogen and oxygen atoms in total. The molecule has 6 aliphatic carbocycles. The third kappa shape index (κ3) is 2.89. The molecule has 7 heterocycles. The van der Waals surface area contributed by atoms with Crippen LogP contribution in [0.3, 0.4) is 0 Å². The van der Waals surface area contributed by atoms with Crippen LogP contribution in [0.4, 0.5) is 0 Å². The van der Waals surface area contributed by atoms with E-state index >= 15 is 4.79 Å². The van der Waals surface area contributed by atoms with Gasteiger partial charge in [-0.2, -0.15) is 0 Å². The number of carbonyl (C=O) groups excluding carboxylic acids is 3. The highest BCUT2D eigenvalue weighted by Crippen LogP contribution is 2.78. The lowest BCUT2D eigenvalue weighted by Crippen LogP contribution is -2.71. The molecule has 280 valence electrons. The first kappa shape index (κ1) is 31.2. The van der Waals surface area contributed by atoms with Crippen LogP contribution >= 0.6 is 0 Å². The minimum absolute atomic E-state index is 0.0494. The molecule has 12 heteroatoms. The lowest BCUT2D eigenvalue weighted by molar-refractivity contribution is -0.253. The molecule has 11 fully saturated rings.